The van der Waals surface area contributed by atoms with Crippen molar-refractivity contribution in [3.8, 4) is 11.3 Å². The minimum absolute atomic E-state index is 0.0168. The molecule has 0 spiro atoms. The summed E-state index contributed by atoms with van der Waals surface area (Å²) < 4.78 is 0. The lowest BCUT2D eigenvalue weighted by Gasteiger charge is -2.36. The zero-order valence-electron chi connectivity index (χ0n) is 20.8. The topological polar surface area (TPSA) is 69.6 Å². The van der Waals surface area contributed by atoms with Gasteiger partial charge in [-0.15, -0.1) is 10.2 Å². The first kappa shape index (κ1) is 25.6. The Balaban J connectivity index is 1.33. The molecule has 8 heteroatoms. The first-order valence-electron chi connectivity index (χ1n) is 12.3. The molecule has 36 heavy (non-hydrogen) atoms. The van der Waals surface area contributed by atoms with Gasteiger partial charge in [-0.2, -0.15) is 0 Å². The Kier molecular flexibility index (Phi) is 8.54. The van der Waals surface area contributed by atoms with Crippen molar-refractivity contribution in [1.82, 2.24) is 20.0 Å². The van der Waals surface area contributed by atoms with Crippen LogP contribution in [0, 0.1) is 5.92 Å². The van der Waals surface area contributed by atoms with Gasteiger partial charge >= 0.3 is 0 Å². The van der Waals surface area contributed by atoms with Crippen LogP contribution >= 0.6 is 11.6 Å². The van der Waals surface area contributed by atoms with Crippen molar-refractivity contribution < 1.29 is 9.59 Å². The van der Waals surface area contributed by atoms with Gasteiger partial charge in [-0.1, -0.05) is 74.0 Å². The molecule has 2 amide bonds. The van der Waals surface area contributed by atoms with Crippen molar-refractivity contribution in [2.45, 2.75) is 20.3 Å². The smallest absolute Gasteiger partial charge is 0.242 e. The van der Waals surface area contributed by atoms with Crippen LogP contribution in [0.5, 0.6) is 0 Å². The SMILES string of the molecule is CC(C)CN(CC(=O)N1CCN(c2ccc(-c3ccccc3Cl)nn2)CC1)C(=O)Cc1ccccc1. The van der Waals surface area contributed by atoms with Crippen LogP contribution in [0.15, 0.2) is 66.7 Å². The van der Waals surface area contributed by atoms with Gasteiger partial charge in [0.05, 0.1) is 23.7 Å². The number of rotatable bonds is 8. The quantitative estimate of drug-likeness (QED) is 0.459. The van der Waals surface area contributed by atoms with E-state index in [1.54, 1.807) is 4.90 Å². The highest BCUT2D eigenvalue weighted by Gasteiger charge is 2.26. The number of amides is 2. The van der Waals surface area contributed by atoms with Gasteiger partial charge in [-0.25, -0.2) is 0 Å². The Morgan fingerprint density at radius 3 is 2.25 bits per heavy atom. The van der Waals surface area contributed by atoms with Gasteiger partial charge in [-0.3, -0.25) is 9.59 Å². The molecule has 1 fully saturated rings. The van der Waals surface area contributed by atoms with E-state index in [4.69, 9.17) is 11.6 Å². The lowest BCUT2D eigenvalue weighted by molar-refractivity contribution is -0.140. The number of halogens is 1. The molecule has 2 aromatic carbocycles. The molecule has 188 valence electrons. The van der Waals surface area contributed by atoms with Crippen LogP contribution in [-0.2, 0) is 16.0 Å². The number of anilines is 1. The fourth-order valence-corrected chi connectivity index (χ4v) is 4.56. The molecule has 0 atom stereocenters. The minimum atomic E-state index is -0.0178. The Morgan fingerprint density at radius 2 is 1.61 bits per heavy atom. The van der Waals surface area contributed by atoms with Gasteiger partial charge in [0.25, 0.3) is 0 Å². The summed E-state index contributed by atoms with van der Waals surface area (Å²) in [7, 11) is 0. The summed E-state index contributed by atoms with van der Waals surface area (Å²) in [5, 5.41) is 9.39. The summed E-state index contributed by atoms with van der Waals surface area (Å²) in [6, 6.07) is 21.1. The molecule has 4 rings (SSSR count). The maximum Gasteiger partial charge on any atom is 0.242 e. The first-order valence-corrected chi connectivity index (χ1v) is 12.7. The molecule has 1 aliphatic heterocycles. The highest BCUT2D eigenvalue weighted by atomic mass is 35.5. The van der Waals surface area contributed by atoms with Crippen LogP contribution in [-0.4, -0.2) is 71.1 Å². The zero-order valence-corrected chi connectivity index (χ0v) is 21.6. The molecule has 7 nitrogen and oxygen atoms in total. The Morgan fingerprint density at radius 1 is 0.917 bits per heavy atom. The van der Waals surface area contributed by atoms with Crippen LogP contribution in [0.2, 0.25) is 5.02 Å². The third-order valence-electron chi connectivity index (χ3n) is 6.22. The summed E-state index contributed by atoms with van der Waals surface area (Å²) in [6.45, 7) is 7.27. The van der Waals surface area contributed by atoms with Crippen molar-refractivity contribution in [2.24, 2.45) is 5.92 Å². The third kappa shape index (κ3) is 6.61. The molecule has 0 radical (unpaired) electrons. The van der Waals surface area contributed by atoms with Crippen molar-refractivity contribution in [1.29, 1.82) is 0 Å². The van der Waals surface area contributed by atoms with Gasteiger partial charge in [-0.05, 0) is 29.7 Å². The normalized spacial score (nSPS) is 13.7. The number of carbonyl (C=O) groups excluding carboxylic acids is 2. The van der Waals surface area contributed by atoms with Gasteiger partial charge < -0.3 is 14.7 Å². The van der Waals surface area contributed by atoms with Gasteiger partial charge in [0.1, 0.15) is 0 Å². The zero-order chi connectivity index (χ0) is 25.5. The van der Waals surface area contributed by atoms with E-state index in [9.17, 15) is 9.59 Å². The predicted octanol–water partition coefficient (Wildman–Crippen LogP) is 4.17. The Hall–Kier alpha value is -3.45. The van der Waals surface area contributed by atoms with Crippen LogP contribution in [0.25, 0.3) is 11.3 Å². The van der Waals surface area contributed by atoms with E-state index in [1.807, 2.05) is 71.6 Å². The van der Waals surface area contributed by atoms with Crippen LogP contribution in [0.4, 0.5) is 5.82 Å². The van der Waals surface area contributed by atoms with Crippen molar-refractivity contribution in [2.75, 3.05) is 44.2 Å². The van der Waals surface area contributed by atoms with Crippen molar-refractivity contribution in [3.05, 3.63) is 77.3 Å². The largest absolute Gasteiger partial charge is 0.352 e. The van der Waals surface area contributed by atoms with E-state index < -0.39 is 0 Å². The number of piperazine rings is 1. The highest BCUT2D eigenvalue weighted by Crippen LogP contribution is 2.26. The summed E-state index contributed by atoms with van der Waals surface area (Å²) in [5.74, 6) is 1.02. The molecular weight excluding hydrogens is 474 g/mol. The van der Waals surface area contributed by atoms with Crippen LogP contribution in [0.3, 0.4) is 0 Å². The molecule has 0 saturated carbocycles. The van der Waals surface area contributed by atoms with Gasteiger partial charge in [0.2, 0.25) is 11.8 Å². The minimum Gasteiger partial charge on any atom is -0.352 e. The van der Waals surface area contributed by atoms with Crippen molar-refractivity contribution >= 4 is 29.2 Å². The summed E-state index contributed by atoms with van der Waals surface area (Å²) in [4.78, 5) is 31.7. The lowest BCUT2D eigenvalue weighted by atomic mass is 10.1. The summed E-state index contributed by atoms with van der Waals surface area (Å²) in [6.07, 6.45) is 0.303. The standard InChI is InChI=1S/C28H32ClN5O2/c1-21(2)19-34(27(35)18-22-8-4-3-5-9-22)20-28(36)33-16-14-32(15-17-33)26-13-12-25(30-31-26)23-10-6-7-11-24(23)29/h3-13,21H,14-20H2,1-2H3. The third-order valence-corrected chi connectivity index (χ3v) is 6.55. The lowest BCUT2D eigenvalue weighted by Crippen LogP contribution is -2.52. The molecule has 0 bridgehead atoms. The molecule has 1 saturated heterocycles. The molecular formula is C28H32ClN5O2. The fraction of sp³-hybridized carbons (Fsp3) is 0.357. The molecule has 1 aromatic heterocycles. The number of nitrogens with zero attached hydrogens (tertiary/aromatic N) is 5. The van der Waals surface area contributed by atoms with Gasteiger partial charge in [0.15, 0.2) is 5.82 Å². The molecule has 2 heterocycles. The Bertz CT molecular complexity index is 1160. The Labute approximate surface area is 217 Å². The first-order chi connectivity index (χ1) is 17.4. The second-order valence-electron chi connectivity index (χ2n) is 9.45. The summed E-state index contributed by atoms with van der Waals surface area (Å²) >= 11 is 6.28. The van der Waals surface area contributed by atoms with E-state index in [0.717, 1.165) is 22.6 Å². The maximum atomic E-state index is 13.1. The monoisotopic (exact) mass is 505 g/mol. The second-order valence-corrected chi connectivity index (χ2v) is 9.86. The maximum absolute atomic E-state index is 13.1. The van der Waals surface area contributed by atoms with Gasteiger partial charge in [0, 0.05) is 38.3 Å². The molecule has 0 unspecified atom stereocenters. The predicted molar refractivity (Wildman–Crippen MR) is 143 cm³/mol. The summed E-state index contributed by atoms with van der Waals surface area (Å²) in [5.41, 5.74) is 2.53. The number of hydrogen-bond donors (Lipinski definition) is 0. The van der Waals surface area contributed by atoms with E-state index >= 15 is 0 Å². The van der Waals surface area contributed by atoms with Crippen LogP contribution in [0.1, 0.15) is 19.4 Å². The van der Waals surface area contributed by atoms with E-state index in [1.165, 1.54) is 0 Å². The van der Waals surface area contributed by atoms with E-state index in [0.29, 0.717) is 44.2 Å². The number of aromatic nitrogens is 2. The number of hydrogen-bond acceptors (Lipinski definition) is 5. The van der Waals surface area contributed by atoms with E-state index in [2.05, 4.69) is 28.9 Å². The fourth-order valence-electron chi connectivity index (χ4n) is 4.33. The average Bonchev–Trinajstić information content (AvgIpc) is 2.89. The van der Waals surface area contributed by atoms with Crippen LogP contribution < -0.4 is 4.90 Å². The average molecular weight is 506 g/mol. The molecule has 1 aliphatic rings. The molecule has 0 N–H and O–H groups in total. The highest BCUT2D eigenvalue weighted by molar-refractivity contribution is 6.33. The molecule has 0 aliphatic carbocycles. The van der Waals surface area contributed by atoms with E-state index in [-0.39, 0.29) is 24.3 Å². The molecule has 3 aromatic rings. The second kappa shape index (κ2) is 12.0. The number of carbonyl (C=O) groups is 2. The number of benzene rings is 2. The van der Waals surface area contributed by atoms with Crippen molar-refractivity contribution in [3.63, 3.8) is 0 Å².